The lowest BCUT2D eigenvalue weighted by atomic mass is 10.1. The number of carbonyl (C=O) groups excluding carboxylic acids is 1. The molecular formula is C21H21ClN4O3S. The van der Waals surface area contributed by atoms with Crippen LogP contribution in [0.5, 0.6) is 0 Å². The summed E-state index contributed by atoms with van der Waals surface area (Å²) in [5.41, 5.74) is 2.13. The van der Waals surface area contributed by atoms with E-state index < -0.39 is 10.0 Å². The van der Waals surface area contributed by atoms with E-state index in [-0.39, 0.29) is 28.7 Å². The zero-order chi connectivity index (χ0) is 21.7. The molecule has 3 aromatic rings. The standard InChI is InChI=1S/C21H21ClN4O3S/c1-3-15-4-8-18(9-5-15)25-21(27)16-12-23-20(24-13-16)14-26(2)30(28,29)19-10-6-17(22)7-11-19/h4-13H,3,14H2,1-2H3,(H,25,27). The number of sulfonamides is 1. The van der Waals surface area contributed by atoms with E-state index in [4.69, 9.17) is 11.6 Å². The van der Waals surface area contributed by atoms with E-state index in [1.54, 1.807) is 0 Å². The molecule has 0 radical (unpaired) electrons. The first-order valence-corrected chi connectivity index (χ1v) is 11.0. The molecule has 0 saturated heterocycles. The van der Waals surface area contributed by atoms with Gasteiger partial charge in [0.2, 0.25) is 10.0 Å². The minimum absolute atomic E-state index is 0.0364. The van der Waals surface area contributed by atoms with Crippen molar-refractivity contribution in [1.82, 2.24) is 14.3 Å². The molecule has 0 saturated carbocycles. The highest BCUT2D eigenvalue weighted by Crippen LogP contribution is 2.18. The van der Waals surface area contributed by atoms with E-state index in [0.717, 1.165) is 10.7 Å². The van der Waals surface area contributed by atoms with Gasteiger partial charge in [-0.05, 0) is 48.4 Å². The molecule has 1 amide bonds. The zero-order valence-corrected chi connectivity index (χ0v) is 18.1. The summed E-state index contributed by atoms with van der Waals surface area (Å²) in [7, 11) is -2.27. The van der Waals surface area contributed by atoms with Gasteiger partial charge < -0.3 is 5.32 Å². The van der Waals surface area contributed by atoms with Gasteiger partial charge >= 0.3 is 0 Å². The van der Waals surface area contributed by atoms with Gasteiger partial charge in [0.1, 0.15) is 5.82 Å². The third kappa shape index (κ3) is 5.21. The van der Waals surface area contributed by atoms with E-state index in [1.165, 1.54) is 49.3 Å². The number of hydrogen-bond acceptors (Lipinski definition) is 5. The molecule has 156 valence electrons. The average Bonchev–Trinajstić information content (AvgIpc) is 2.75. The molecule has 0 fully saturated rings. The minimum Gasteiger partial charge on any atom is -0.322 e. The van der Waals surface area contributed by atoms with E-state index >= 15 is 0 Å². The van der Waals surface area contributed by atoms with Crippen LogP contribution < -0.4 is 5.32 Å². The SMILES string of the molecule is CCc1ccc(NC(=O)c2cnc(CN(C)S(=O)(=O)c3ccc(Cl)cc3)nc2)cc1. The Bertz CT molecular complexity index is 1120. The smallest absolute Gasteiger partial charge is 0.258 e. The van der Waals surface area contributed by atoms with E-state index in [1.807, 2.05) is 24.3 Å². The number of halogens is 1. The largest absolute Gasteiger partial charge is 0.322 e. The Kier molecular flexibility index (Phi) is 6.81. The minimum atomic E-state index is -3.71. The highest BCUT2D eigenvalue weighted by molar-refractivity contribution is 7.89. The lowest BCUT2D eigenvalue weighted by Gasteiger charge is -2.16. The van der Waals surface area contributed by atoms with E-state index in [0.29, 0.717) is 10.7 Å². The highest BCUT2D eigenvalue weighted by Gasteiger charge is 2.22. The summed E-state index contributed by atoms with van der Waals surface area (Å²) < 4.78 is 26.4. The molecule has 0 unspecified atom stereocenters. The fourth-order valence-electron chi connectivity index (χ4n) is 2.65. The van der Waals surface area contributed by atoms with Crippen molar-refractivity contribution in [3.8, 4) is 0 Å². The van der Waals surface area contributed by atoms with Gasteiger partial charge in [-0.25, -0.2) is 18.4 Å². The van der Waals surface area contributed by atoms with Gasteiger partial charge in [-0.15, -0.1) is 0 Å². The van der Waals surface area contributed by atoms with Crippen molar-refractivity contribution in [2.45, 2.75) is 24.8 Å². The molecule has 30 heavy (non-hydrogen) atoms. The summed E-state index contributed by atoms with van der Waals surface area (Å²) in [5, 5.41) is 3.24. The van der Waals surface area contributed by atoms with Crippen LogP contribution in [0.2, 0.25) is 5.02 Å². The topological polar surface area (TPSA) is 92.3 Å². The second kappa shape index (κ2) is 9.34. The molecule has 0 bridgehead atoms. The van der Waals surface area contributed by atoms with Crippen LogP contribution >= 0.6 is 11.6 Å². The first kappa shape index (κ1) is 21.9. The molecule has 2 aromatic carbocycles. The van der Waals surface area contributed by atoms with Crippen LogP contribution in [0, 0.1) is 0 Å². The Morgan fingerprint density at radius 1 is 1.03 bits per heavy atom. The summed E-state index contributed by atoms with van der Waals surface area (Å²) in [6.07, 6.45) is 3.67. The normalized spacial score (nSPS) is 11.5. The number of carbonyl (C=O) groups is 1. The lowest BCUT2D eigenvalue weighted by Crippen LogP contribution is -2.27. The molecule has 9 heteroatoms. The maximum Gasteiger partial charge on any atom is 0.258 e. The number of nitrogens with zero attached hydrogens (tertiary/aromatic N) is 3. The van der Waals surface area contributed by atoms with Crippen LogP contribution in [0.3, 0.4) is 0 Å². The molecule has 0 spiro atoms. The Morgan fingerprint density at radius 3 is 2.20 bits per heavy atom. The Hall–Kier alpha value is -2.81. The number of rotatable bonds is 7. The second-order valence-corrected chi connectivity index (χ2v) is 9.09. The molecule has 0 atom stereocenters. The molecular weight excluding hydrogens is 424 g/mol. The fourth-order valence-corrected chi connectivity index (χ4v) is 3.90. The number of aromatic nitrogens is 2. The molecule has 1 N–H and O–H groups in total. The average molecular weight is 445 g/mol. The number of hydrogen-bond donors (Lipinski definition) is 1. The number of benzene rings is 2. The lowest BCUT2D eigenvalue weighted by molar-refractivity contribution is 0.102. The van der Waals surface area contributed by atoms with Crippen LogP contribution in [-0.4, -0.2) is 35.6 Å². The van der Waals surface area contributed by atoms with Crippen LogP contribution in [-0.2, 0) is 23.0 Å². The predicted octanol–water partition coefficient (Wildman–Crippen LogP) is 3.77. The highest BCUT2D eigenvalue weighted by atomic mass is 35.5. The van der Waals surface area contributed by atoms with Gasteiger partial charge in [0.25, 0.3) is 5.91 Å². The first-order chi connectivity index (χ1) is 14.3. The monoisotopic (exact) mass is 444 g/mol. The van der Waals surface area contributed by atoms with Crippen molar-refractivity contribution in [3.63, 3.8) is 0 Å². The zero-order valence-electron chi connectivity index (χ0n) is 16.5. The summed E-state index contributed by atoms with van der Waals surface area (Å²) in [5.74, 6) is -0.0631. The number of nitrogens with one attached hydrogen (secondary N) is 1. The molecule has 0 aliphatic rings. The summed E-state index contributed by atoms with van der Waals surface area (Å²) >= 11 is 5.81. The summed E-state index contributed by atoms with van der Waals surface area (Å²) in [4.78, 5) is 20.8. The molecule has 0 aliphatic heterocycles. The first-order valence-electron chi connectivity index (χ1n) is 9.22. The Morgan fingerprint density at radius 2 is 1.63 bits per heavy atom. The molecule has 7 nitrogen and oxygen atoms in total. The van der Waals surface area contributed by atoms with Gasteiger partial charge in [-0.1, -0.05) is 30.7 Å². The Labute approximate surface area is 180 Å². The fraction of sp³-hybridized carbons (Fsp3) is 0.190. The quantitative estimate of drug-likeness (QED) is 0.598. The van der Waals surface area contributed by atoms with Gasteiger partial charge in [0, 0.05) is 30.2 Å². The number of aryl methyl sites for hydroxylation is 1. The van der Waals surface area contributed by atoms with Crippen LogP contribution in [0.1, 0.15) is 28.7 Å². The van der Waals surface area contributed by atoms with Crippen molar-refractivity contribution in [2.75, 3.05) is 12.4 Å². The third-order valence-electron chi connectivity index (χ3n) is 4.47. The second-order valence-electron chi connectivity index (χ2n) is 6.61. The molecule has 3 rings (SSSR count). The molecule has 1 heterocycles. The van der Waals surface area contributed by atoms with E-state index in [2.05, 4.69) is 22.2 Å². The van der Waals surface area contributed by atoms with Crippen molar-refractivity contribution in [1.29, 1.82) is 0 Å². The number of anilines is 1. The predicted molar refractivity (Wildman–Crippen MR) is 116 cm³/mol. The number of amides is 1. The molecule has 1 aromatic heterocycles. The van der Waals surface area contributed by atoms with Crippen molar-refractivity contribution < 1.29 is 13.2 Å². The maximum atomic E-state index is 12.6. The van der Waals surface area contributed by atoms with Crippen LogP contribution in [0.15, 0.2) is 65.8 Å². The van der Waals surface area contributed by atoms with Crippen LogP contribution in [0.25, 0.3) is 0 Å². The maximum absolute atomic E-state index is 12.6. The third-order valence-corrected chi connectivity index (χ3v) is 6.54. The van der Waals surface area contributed by atoms with Gasteiger partial charge in [-0.3, -0.25) is 4.79 Å². The van der Waals surface area contributed by atoms with Crippen LogP contribution in [0.4, 0.5) is 5.69 Å². The van der Waals surface area contributed by atoms with E-state index in [9.17, 15) is 13.2 Å². The van der Waals surface area contributed by atoms with Gasteiger partial charge in [0.05, 0.1) is 17.0 Å². The van der Waals surface area contributed by atoms with Gasteiger partial charge in [-0.2, -0.15) is 4.31 Å². The van der Waals surface area contributed by atoms with Crippen molar-refractivity contribution in [2.24, 2.45) is 0 Å². The van der Waals surface area contributed by atoms with Gasteiger partial charge in [0.15, 0.2) is 0 Å². The summed E-state index contributed by atoms with van der Waals surface area (Å²) in [6.45, 7) is 2.02. The van der Waals surface area contributed by atoms with Crippen molar-refractivity contribution >= 4 is 33.2 Å². The molecule has 0 aliphatic carbocycles. The Balaban J connectivity index is 1.65. The summed E-state index contributed by atoms with van der Waals surface area (Å²) in [6, 6.07) is 13.5. The van der Waals surface area contributed by atoms with Crippen molar-refractivity contribution in [3.05, 3.63) is 82.9 Å².